The second kappa shape index (κ2) is 7.80. The number of hydrogen-bond donors (Lipinski definition) is 5. The molecule has 0 aromatic heterocycles. The number of hydrogen-bond acceptors (Lipinski definition) is 5. The summed E-state index contributed by atoms with van der Waals surface area (Å²) in [7, 11) is 0. The van der Waals surface area contributed by atoms with Crippen molar-refractivity contribution >= 4 is 5.97 Å². The van der Waals surface area contributed by atoms with Gasteiger partial charge in [0.05, 0.1) is 30.3 Å². The number of aliphatic hydroxyl groups is 4. The number of carboxylic acids is 1. The monoisotopic (exact) mass is 504 g/mol. The fourth-order valence-corrected chi connectivity index (χ4v) is 10.8. The summed E-state index contributed by atoms with van der Waals surface area (Å²) in [4.78, 5) is 12.8. The lowest BCUT2D eigenvalue weighted by Crippen LogP contribution is -2.70. The minimum absolute atomic E-state index is 0.0401. The van der Waals surface area contributed by atoms with E-state index in [0.717, 1.165) is 19.3 Å². The van der Waals surface area contributed by atoms with Crippen molar-refractivity contribution in [3.63, 3.8) is 0 Å². The van der Waals surface area contributed by atoms with E-state index >= 15 is 0 Å². The van der Waals surface area contributed by atoms with Gasteiger partial charge in [-0.05, 0) is 84.4 Å². The molecule has 5 aliphatic carbocycles. The van der Waals surface area contributed by atoms with Crippen LogP contribution < -0.4 is 0 Å². The Morgan fingerprint density at radius 2 is 1.50 bits per heavy atom. The van der Waals surface area contributed by atoms with Crippen LogP contribution in [-0.4, -0.2) is 56.4 Å². The second-order valence-corrected chi connectivity index (χ2v) is 15.1. The zero-order chi connectivity index (χ0) is 26.7. The lowest BCUT2D eigenvalue weighted by atomic mass is 9.32. The van der Waals surface area contributed by atoms with Crippen molar-refractivity contribution in [2.45, 2.75) is 105 Å². The standard InChI is InChI=1S/C30H48O6/c1-25(2)11-13-30(24(35)36)14-12-28(5)17(21(30)23(25)34)7-8-20-26(3)15-18(32)22(33)27(4,16-31)19(26)9-10-29(20,28)6/h7-8,17-23,31-34H,9-16H2,1-6H3,(H,35,36)/t17-,18-,19-,20-,21+,22+,23+,26+,27+,28-,29-,30+/m1/s1. The van der Waals surface area contributed by atoms with E-state index in [4.69, 9.17) is 0 Å². The molecule has 12 atom stereocenters. The number of fused-ring (bicyclic) bond motifs is 7. The predicted octanol–water partition coefficient (Wildman–Crippen LogP) is 4.00. The first-order valence-electron chi connectivity index (χ1n) is 14.1. The van der Waals surface area contributed by atoms with Crippen molar-refractivity contribution in [1.82, 2.24) is 0 Å². The molecule has 6 nitrogen and oxygen atoms in total. The maximum absolute atomic E-state index is 12.8. The van der Waals surface area contributed by atoms with Crippen LogP contribution in [0.3, 0.4) is 0 Å². The Kier molecular flexibility index (Phi) is 5.77. The van der Waals surface area contributed by atoms with Gasteiger partial charge in [-0.15, -0.1) is 0 Å². The molecule has 0 bridgehead atoms. The Balaban J connectivity index is 1.63. The summed E-state index contributed by atoms with van der Waals surface area (Å²) in [5.74, 6) is -0.940. The summed E-state index contributed by atoms with van der Waals surface area (Å²) in [6.07, 6.45) is 6.94. The molecule has 0 aliphatic heterocycles. The smallest absolute Gasteiger partial charge is 0.310 e. The normalized spacial score (nSPS) is 57.7. The molecule has 0 radical (unpaired) electrons. The van der Waals surface area contributed by atoms with Crippen LogP contribution in [-0.2, 0) is 4.79 Å². The van der Waals surface area contributed by atoms with Crippen molar-refractivity contribution < 1.29 is 30.3 Å². The van der Waals surface area contributed by atoms with Crippen LogP contribution in [0.5, 0.6) is 0 Å². The summed E-state index contributed by atoms with van der Waals surface area (Å²) < 4.78 is 0. The summed E-state index contributed by atoms with van der Waals surface area (Å²) in [6.45, 7) is 12.8. The Hall–Kier alpha value is -0.950. The fourth-order valence-electron chi connectivity index (χ4n) is 10.8. The molecule has 0 aromatic carbocycles. The zero-order valence-electron chi connectivity index (χ0n) is 23.0. The number of carbonyl (C=O) groups is 1. The molecule has 36 heavy (non-hydrogen) atoms. The highest BCUT2D eigenvalue weighted by atomic mass is 16.4. The second-order valence-electron chi connectivity index (χ2n) is 15.1. The minimum Gasteiger partial charge on any atom is -0.481 e. The Bertz CT molecular complexity index is 961. The molecular formula is C30H48O6. The highest BCUT2D eigenvalue weighted by Gasteiger charge is 2.72. The van der Waals surface area contributed by atoms with Gasteiger partial charge >= 0.3 is 5.97 Å². The van der Waals surface area contributed by atoms with Crippen molar-refractivity contribution in [2.75, 3.05) is 6.61 Å². The van der Waals surface area contributed by atoms with Gasteiger partial charge in [0.25, 0.3) is 0 Å². The van der Waals surface area contributed by atoms with Crippen molar-refractivity contribution in [3.05, 3.63) is 12.2 Å². The average Bonchev–Trinajstić information content (AvgIpc) is 2.80. The molecule has 5 aliphatic rings. The van der Waals surface area contributed by atoms with E-state index in [1.165, 1.54) is 0 Å². The zero-order valence-corrected chi connectivity index (χ0v) is 23.0. The van der Waals surface area contributed by atoms with Crippen LogP contribution in [0.2, 0.25) is 0 Å². The van der Waals surface area contributed by atoms with Gasteiger partial charge in [0, 0.05) is 11.3 Å². The Morgan fingerprint density at radius 3 is 2.11 bits per heavy atom. The maximum Gasteiger partial charge on any atom is 0.310 e. The van der Waals surface area contributed by atoms with E-state index in [1.54, 1.807) is 0 Å². The van der Waals surface area contributed by atoms with Gasteiger partial charge in [-0.2, -0.15) is 0 Å². The molecule has 5 N–H and O–H groups in total. The Morgan fingerprint density at radius 1 is 0.861 bits per heavy atom. The molecule has 4 fully saturated rings. The fraction of sp³-hybridized carbons (Fsp3) is 0.900. The molecule has 0 heterocycles. The molecule has 4 saturated carbocycles. The lowest BCUT2D eigenvalue weighted by molar-refractivity contribution is -0.256. The van der Waals surface area contributed by atoms with Crippen LogP contribution in [0, 0.1) is 56.2 Å². The first kappa shape index (κ1) is 26.6. The summed E-state index contributed by atoms with van der Waals surface area (Å²) in [6, 6.07) is 0. The molecule has 5 rings (SSSR count). The largest absolute Gasteiger partial charge is 0.481 e. The lowest BCUT2D eigenvalue weighted by Gasteiger charge is -2.72. The number of aliphatic carboxylic acids is 1. The SMILES string of the molecule is CC1(C)CC[C@]2(C(=O)O)CC[C@]3(C)[C@H](C=C[C@@H]4[C@@]5(C)C[C@@H](O)[C@H](O)[C@@](C)(CO)[C@@H]5CC[C@]43C)[C@H]2[C@@H]1O. The number of rotatable bonds is 2. The van der Waals surface area contributed by atoms with E-state index in [2.05, 4.69) is 46.8 Å². The van der Waals surface area contributed by atoms with Gasteiger partial charge in [-0.25, -0.2) is 0 Å². The van der Waals surface area contributed by atoms with Crippen molar-refractivity contribution in [3.8, 4) is 0 Å². The quantitative estimate of drug-likeness (QED) is 0.363. The van der Waals surface area contributed by atoms with Gasteiger partial charge < -0.3 is 25.5 Å². The van der Waals surface area contributed by atoms with E-state index in [0.29, 0.717) is 25.7 Å². The number of aliphatic hydroxyl groups excluding tert-OH is 4. The third kappa shape index (κ3) is 2.96. The summed E-state index contributed by atoms with van der Waals surface area (Å²) in [5, 5.41) is 54.5. The number of carboxylic acid groups (broad SMARTS) is 1. The van der Waals surface area contributed by atoms with E-state index < -0.39 is 35.1 Å². The van der Waals surface area contributed by atoms with E-state index in [1.807, 2.05) is 6.92 Å². The minimum atomic E-state index is -0.952. The van der Waals surface area contributed by atoms with Crippen LogP contribution in [0.4, 0.5) is 0 Å². The van der Waals surface area contributed by atoms with Gasteiger partial charge in [0.2, 0.25) is 0 Å². The van der Waals surface area contributed by atoms with Crippen LogP contribution in [0.25, 0.3) is 0 Å². The van der Waals surface area contributed by atoms with Crippen LogP contribution in [0.15, 0.2) is 12.2 Å². The van der Waals surface area contributed by atoms with Crippen molar-refractivity contribution in [2.24, 2.45) is 56.2 Å². The summed E-state index contributed by atoms with van der Waals surface area (Å²) in [5.41, 5.74) is -2.65. The molecule has 0 saturated heterocycles. The van der Waals surface area contributed by atoms with E-state index in [9.17, 15) is 30.3 Å². The molecule has 0 spiro atoms. The molecule has 0 unspecified atom stereocenters. The first-order chi connectivity index (χ1) is 16.5. The van der Waals surface area contributed by atoms with E-state index in [-0.39, 0.29) is 51.9 Å². The highest BCUT2D eigenvalue weighted by Crippen LogP contribution is 2.75. The topological polar surface area (TPSA) is 118 Å². The summed E-state index contributed by atoms with van der Waals surface area (Å²) >= 11 is 0. The molecular weight excluding hydrogens is 456 g/mol. The maximum atomic E-state index is 12.8. The molecule has 204 valence electrons. The molecule has 0 amide bonds. The third-order valence-corrected chi connectivity index (χ3v) is 13.4. The predicted molar refractivity (Wildman–Crippen MR) is 137 cm³/mol. The molecule has 6 heteroatoms. The van der Waals surface area contributed by atoms with Gasteiger partial charge in [0.15, 0.2) is 0 Å². The highest BCUT2D eigenvalue weighted by molar-refractivity contribution is 5.76. The van der Waals surface area contributed by atoms with Gasteiger partial charge in [-0.1, -0.05) is 53.7 Å². The average molecular weight is 505 g/mol. The number of allylic oxidation sites excluding steroid dienone is 2. The third-order valence-electron chi connectivity index (χ3n) is 13.4. The van der Waals surface area contributed by atoms with Gasteiger partial charge in [-0.3, -0.25) is 4.79 Å². The Labute approximate surface area is 216 Å². The van der Waals surface area contributed by atoms with Crippen LogP contribution in [0.1, 0.15) is 86.5 Å². The van der Waals surface area contributed by atoms with Crippen molar-refractivity contribution in [1.29, 1.82) is 0 Å². The van der Waals surface area contributed by atoms with Gasteiger partial charge in [0.1, 0.15) is 0 Å². The van der Waals surface area contributed by atoms with Crippen LogP contribution >= 0.6 is 0 Å². The first-order valence-corrected chi connectivity index (χ1v) is 14.1. The molecule has 0 aromatic rings.